The highest BCUT2D eigenvalue weighted by Gasteiger charge is 2.37. The number of aliphatic carboxylic acids is 1. The molecule has 0 aliphatic carbocycles. The minimum Gasteiger partial charge on any atom is -0.481 e. The predicted molar refractivity (Wildman–Crippen MR) is 86.0 cm³/mol. The molecule has 2 N–H and O–H groups in total. The van der Waals surface area contributed by atoms with Gasteiger partial charge in [0.15, 0.2) is 0 Å². The molecule has 0 spiro atoms. The molecule has 1 aromatic rings. The van der Waals surface area contributed by atoms with Crippen molar-refractivity contribution in [2.75, 3.05) is 0 Å². The number of hydrogen-bond donors (Lipinski definition) is 2. The SMILES string of the molecule is CCC(CC)(CC(=O)N[C@H](C)c1ccc(Br)cc1)C(=O)O. The Hall–Kier alpha value is -1.36. The number of nitrogens with one attached hydrogen (secondary N) is 1. The molecule has 1 rings (SSSR count). The molecule has 21 heavy (non-hydrogen) atoms. The first-order valence-corrected chi connectivity index (χ1v) is 7.92. The van der Waals surface area contributed by atoms with Crippen LogP contribution in [-0.2, 0) is 9.59 Å². The zero-order valence-electron chi connectivity index (χ0n) is 12.6. The number of carboxylic acids is 1. The lowest BCUT2D eigenvalue weighted by Crippen LogP contribution is -2.37. The van der Waals surface area contributed by atoms with E-state index >= 15 is 0 Å². The largest absolute Gasteiger partial charge is 0.481 e. The van der Waals surface area contributed by atoms with Crippen molar-refractivity contribution in [3.63, 3.8) is 0 Å². The molecule has 1 amide bonds. The quantitative estimate of drug-likeness (QED) is 0.779. The third kappa shape index (κ3) is 4.56. The molecule has 0 aromatic heterocycles. The number of benzene rings is 1. The van der Waals surface area contributed by atoms with Gasteiger partial charge in [-0.2, -0.15) is 0 Å². The molecule has 1 aromatic carbocycles. The van der Waals surface area contributed by atoms with E-state index in [1.807, 2.05) is 45.0 Å². The molecule has 0 saturated carbocycles. The van der Waals surface area contributed by atoms with E-state index in [1.165, 1.54) is 0 Å². The molecule has 1 atom stereocenters. The summed E-state index contributed by atoms with van der Waals surface area (Å²) in [5, 5.41) is 12.2. The standard InChI is InChI=1S/C16H22BrNO3/c1-4-16(5-2,15(20)21)10-14(19)18-11(3)12-6-8-13(17)9-7-12/h6-9,11H,4-5,10H2,1-3H3,(H,18,19)(H,20,21)/t11-/m1/s1. The lowest BCUT2D eigenvalue weighted by molar-refractivity contribution is -0.152. The van der Waals surface area contributed by atoms with Crippen LogP contribution in [0.4, 0.5) is 0 Å². The van der Waals surface area contributed by atoms with Gasteiger partial charge in [-0.1, -0.05) is 41.9 Å². The van der Waals surface area contributed by atoms with Gasteiger partial charge < -0.3 is 10.4 Å². The summed E-state index contributed by atoms with van der Waals surface area (Å²) in [6.07, 6.45) is 0.897. The Morgan fingerprint density at radius 3 is 2.19 bits per heavy atom. The van der Waals surface area contributed by atoms with Crippen LogP contribution in [0.25, 0.3) is 0 Å². The number of halogens is 1. The van der Waals surface area contributed by atoms with E-state index in [-0.39, 0.29) is 18.4 Å². The fourth-order valence-electron chi connectivity index (χ4n) is 2.31. The molecule has 0 heterocycles. The van der Waals surface area contributed by atoms with Crippen molar-refractivity contribution < 1.29 is 14.7 Å². The maximum absolute atomic E-state index is 12.1. The number of carbonyl (C=O) groups is 2. The van der Waals surface area contributed by atoms with Crippen molar-refractivity contribution >= 4 is 27.8 Å². The van der Waals surface area contributed by atoms with Crippen LogP contribution in [0, 0.1) is 5.41 Å². The molecule has 0 unspecified atom stereocenters. The second-order valence-electron chi connectivity index (χ2n) is 5.31. The Morgan fingerprint density at radius 1 is 1.24 bits per heavy atom. The molecule has 0 fully saturated rings. The summed E-state index contributed by atoms with van der Waals surface area (Å²) >= 11 is 3.37. The van der Waals surface area contributed by atoms with Crippen LogP contribution in [0.5, 0.6) is 0 Å². The average Bonchev–Trinajstić information content (AvgIpc) is 2.45. The van der Waals surface area contributed by atoms with Gasteiger partial charge in [0, 0.05) is 10.9 Å². The van der Waals surface area contributed by atoms with Gasteiger partial charge in [0.1, 0.15) is 0 Å². The summed E-state index contributed by atoms with van der Waals surface area (Å²) in [4.78, 5) is 23.6. The van der Waals surface area contributed by atoms with Gasteiger partial charge in [-0.15, -0.1) is 0 Å². The Morgan fingerprint density at radius 2 is 1.76 bits per heavy atom. The Kier molecular flexibility index (Phi) is 6.40. The molecule has 0 aliphatic heterocycles. The maximum atomic E-state index is 12.1. The third-order valence-corrected chi connectivity index (χ3v) is 4.58. The van der Waals surface area contributed by atoms with Crippen LogP contribution in [0.1, 0.15) is 51.6 Å². The topological polar surface area (TPSA) is 66.4 Å². The Bertz CT molecular complexity index is 495. The summed E-state index contributed by atoms with van der Waals surface area (Å²) in [6.45, 7) is 5.51. The summed E-state index contributed by atoms with van der Waals surface area (Å²) < 4.78 is 0.978. The van der Waals surface area contributed by atoms with E-state index in [9.17, 15) is 14.7 Å². The molecule has 0 saturated heterocycles. The summed E-state index contributed by atoms with van der Waals surface area (Å²) in [5.74, 6) is -1.13. The van der Waals surface area contributed by atoms with Crippen molar-refractivity contribution in [3.8, 4) is 0 Å². The molecule has 5 heteroatoms. The molecule has 116 valence electrons. The summed E-state index contributed by atoms with van der Waals surface area (Å²) in [6, 6.07) is 7.54. The van der Waals surface area contributed by atoms with Crippen LogP contribution >= 0.6 is 15.9 Å². The minimum absolute atomic E-state index is 0.0101. The van der Waals surface area contributed by atoms with E-state index in [1.54, 1.807) is 0 Å². The van der Waals surface area contributed by atoms with Crippen LogP contribution in [-0.4, -0.2) is 17.0 Å². The van der Waals surface area contributed by atoms with E-state index in [4.69, 9.17) is 0 Å². The zero-order valence-corrected chi connectivity index (χ0v) is 14.2. The van der Waals surface area contributed by atoms with Gasteiger partial charge in [0.05, 0.1) is 11.5 Å². The number of carbonyl (C=O) groups excluding carboxylic acids is 1. The fraction of sp³-hybridized carbons (Fsp3) is 0.500. The first-order valence-electron chi connectivity index (χ1n) is 7.13. The van der Waals surface area contributed by atoms with E-state index in [0.29, 0.717) is 12.8 Å². The Balaban J connectivity index is 2.72. The highest BCUT2D eigenvalue weighted by molar-refractivity contribution is 9.10. The number of rotatable bonds is 7. The van der Waals surface area contributed by atoms with E-state index in [0.717, 1.165) is 10.0 Å². The first kappa shape index (κ1) is 17.7. The lowest BCUT2D eigenvalue weighted by atomic mass is 9.79. The maximum Gasteiger partial charge on any atom is 0.310 e. The van der Waals surface area contributed by atoms with Gasteiger partial charge in [-0.25, -0.2) is 0 Å². The van der Waals surface area contributed by atoms with E-state index < -0.39 is 11.4 Å². The smallest absolute Gasteiger partial charge is 0.310 e. The van der Waals surface area contributed by atoms with Crippen molar-refractivity contribution in [3.05, 3.63) is 34.3 Å². The molecular formula is C16H22BrNO3. The van der Waals surface area contributed by atoms with Crippen molar-refractivity contribution in [1.29, 1.82) is 0 Å². The van der Waals surface area contributed by atoms with Crippen LogP contribution in [0.15, 0.2) is 28.7 Å². The second kappa shape index (κ2) is 7.59. The highest BCUT2D eigenvalue weighted by atomic mass is 79.9. The molecule has 0 aliphatic rings. The van der Waals surface area contributed by atoms with Gasteiger partial charge >= 0.3 is 5.97 Å². The second-order valence-corrected chi connectivity index (χ2v) is 6.23. The van der Waals surface area contributed by atoms with Gasteiger partial charge in [0.2, 0.25) is 5.91 Å². The van der Waals surface area contributed by atoms with Gasteiger partial charge in [-0.05, 0) is 37.5 Å². The van der Waals surface area contributed by atoms with Crippen LogP contribution < -0.4 is 5.32 Å². The fourth-order valence-corrected chi connectivity index (χ4v) is 2.58. The number of hydrogen-bond acceptors (Lipinski definition) is 2. The zero-order chi connectivity index (χ0) is 16.0. The normalized spacial score (nSPS) is 12.8. The van der Waals surface area contributed by atoms with Crippen LogP contribution in [0.3, 0.4) is 0 Å². The van der Waals surface area contributed by atoms with Crippen molar-refractivity contribution in [2.24, 2.45) is 5.41 Å². The van der Waals surface area contributed by atoms with Crippen molar-refractivity contribution in [1.82, 2.24) is 5.32 Å². The first-order chi connectivity index (χ1) is 9.84. The van der Waals surface area contributed by atoms with Crippen molar-refractivity contribution in [2.45, 2.75) is 46.1 Å². The van der Waals surface area contributed by atoms with Gasteiger partial charge in [-0.3, -0.25) is 9.59 Å². The predicted octanol–water partition coefficient (Wildman–Crippen LogP) is 3.91. The molecule has 0 radical (unpaired) electrons. The molecule has 4 nitrogen and oxygen atoms in total. The third-order valence-electron chi connectivity index (χ3n) is 4.05. The monoisotopic (exact) mass is 355 g/mol. The minimum atomic E-state index is -0.969. The lowest BCUT2D eigenvalue weighted by Gasteiger charge is -2.26. The van der Waals surface area contributed by atoms with Crippen LogP contribution in [0.2, 0.25) is 0 Å². The molecular weight excluding hydrogens is 334 g/mol. The number of carboxylic acid groups (broad SMARTS) is 1. The molecule has 0 bridgehead atoms. The summed E-state index contributed by atoms with van der Waals surface area (Å²) in [7, 11) is 0. The number of amides is 1. The summed E-state index contributed by atoms with van der Waals surface area (Å²) in [5.41, 5.74) is 0.0178. The average molecular weight is 356 g/mol. The Labute approximate surface area is 134 Å². The van der Waals surface area contributed by atoms with Gasteiger partial charge in [0.25, 0.3) is 0 Å². The highest BCUT2D eigenvalue weighted by Crippen LogP contribution is 2.31. The van der Waals surface area contributed by atoms with E-state index in [2.05, 4.69) is 21.2 Å².